The van der Waals surface area contributed by atoms with Crippen LogP contribution in [0.3, 0.4) is 0 Å². The fourth-order valence-electron chi connectivity index (χ4n) is 1.28. The molecule has 0 aliphatic carbocycles. The molecule has 0 spiro atoms. The molecule has 2 rings (SSSR count). The summed E-state index contributed by atoms with van der Waals surface area (Å²) in [5, 5.41) is 3.78. The van der Waals surface area contributed by atoms with Gasteiger partial charge in [-0.1, -0.05) is 11.6 Å². The van der Waals surface area contributed by atoms with Gasteiger partial charge in [-0.25, -0.2) is 4.98 Å². The summed E-state index contributed by atoms with van der Waals surface area (Å²) in [4.78, 5) is 6.62. The van der Waals surface area contributed by atoms with Gasteiger partial charge in [0.05, 0.1) is 5.69 Å². The number of hydrogen-bond acceptors (Lipinski definition) is 3. The van der Waals surface area contributed by atoms with Gasteiger partial charge < -0.3 is 5.32 Å². The molecule has 0 saturated carbocycles. The molecule has 2 aromatic heterocycles. The van der Waals surface area contributed by atoms with Crippen molar-refractivity contribution in [1.82, 2.24) is 4.98 Å². The molecule has 2 heterocycles. The predicted molar refractivity (Wildman–Crippen MR) is 65.6 cm³/mol. The smallest absolute Gasteiger partial charge is 0.152 e. The lowest BCUT2D eigenvalue weighted by Gasteiger charge is -2.05. The lowest BCUT2D eigenvalue weighted by atomic mass is 10.4. The van der Waals surface area contributed by atoms with Gasteiger partial charge in [0, 0.05) is 22.5 Å². The van der Waals surface area contributed by atoms with Crippen molar-refractivity contribution < 1.29 is 0 Å². The molecule has 2 aromatic rings. The standard InChI is InChI=1S/C11H11ClN2S/c1-8-4-5-9(15-8)7-14-10-3-2-6-13-11(10)12/h2-6,14H,7H2,1H3. The highest BCUT2D eigenvalue weighted by atomic mass is 35.5. The average Bonchev–Trinajstić information content (AvgIpc) is 2.63. The third-order valence-corrected chi connectivity index (χ3v) is 3.31. The molecule has 0 unspecified atom stereocenters. The molecule has 0 atom stereocenters. The Morgan fingerprint density at radius 3 is 2.93 bits per heavy atom. The Kier molecular flexibility index (Phi) is 3.23. The van der Waals surface area contributed by atoms with Gasteiger partial charge in [-0.2, -0.15) is 0 Å². The van der Waals surface area contributed by atoms with E-state index >= 15 is 0 Å². The highest BCUT2D eigenvalue weighted by Crippen LogP contribution is 2.20. The minimum atomic E-state index is 0.519. The Bertz CT molecular complexity index is 453. The Labute approximate surface area is 97.9 Å². The quantitative estimate of drug-likeness (QED) is 0.825. The summed E-state index contributed by atoms with van der Waals surface area (Å²) in [7, 11) is 0. The zero-order valence-electron chi connectivity index (χ0n) is 8.33. The van der Waals surface area contributed by atoms with Crippen LogP contribution in [0.25, 0.3) is 0 Å². The lowest BCUT2D eigenvalue weighted by Crippen LogP contribution is -1.98. The van der Waals surface area contributed by atoms with Gasteiger partial charge in [0.2, 0.25) is 0 Å². The molecule has 4 heteroatoms. The van der Waals surface area contributed by atoms with Crippen molar-refractivity contribution in [1.29, 1.82) is 0 Å². The summed E-state index contributed by atoms with van der Waals surface area (Å²) in [6.45, 7) is 2.90. The van der Waals surface area contributed by atoms with E-state index in [0.717, 1.165) is 12.2 Å². The van der Waals surface area contributed by atoms with Crippen LogP contribution in [-0.2, 0) is 6.54 Å². The second kappa shape index (κ2) is 4.64. The van der Waals surface area contributed by atoms with Crippen LogP contribution in [0.4, 0.5) is 5.69 Å². The first-order chi connectivity index (χ1) is 7.25. The number of pyridine rings is 1. The molecular weight excluding hydrogens is 228 g/mol. The number of rotatable bonds is 3. The van der Waals surface area contributed by atoms with Crippen LogP contribution >= 0.6 is 22.9 Å². The van der Waals surface area contributed by atoms with Crippen molar-refractivity contribution in [2.24, 2.45) is 0 Å². The number of anilines is 1. The van der Waals surface area contributed by atoms with Crippen LogP contribution in [0.2, 0.25) is 5.15 Å². The van der Waals surface area contributed by atoms with Gasteiger partial charge in [0.25, 0.3) is 0 Å². The van der Waals surface area contributed by atoms with Crippen molar-refractivity contribution >= 4 is 28.6 Å². The highest BCUT2D eigenvalue weighted by Gasteiger charge is 2.00. The third-order valence-electron chi connectivity index (χ3n) is 2.01. The lowest BCUT2D eigenvalue weighted by molar-refractivity contribution is 1.17. The fraction of sp³-hybridized carbons (Fsp3) is 0.182. The minimum Gasteiger partial charge on any atom is -0.378 e. The topological polar surface area (TPSA) is 24.9 Å². The maximum absolute atomic E-state index is 5.93. The molecule has 0 radical (unpaired) electrons. The number of aryl methyl sites for hydroxylation is 1. The largest absolute Gasteiger partial charge is 0.378 e. The molecule has 0 bridgehead atoms. The fourth-order valence-corrected chi connectivity index (χ4v) is 2.30. The van der Waals surface area contributed by atoms with Crippen molar-refractivity contribution in [3.63, 3.8) is 0 Å². The minimum absolute atomic E-state index is 0.519. The van der Waals surface area contributed by atoms with Crippen molar-refractivity contribution in [2.75, 3.05) is 5.32 Å². The molecule has 15 heavy (non-hydrogen) atoms. The number of nitrogens with zero attached hydrogens (tertiary/aromatic N) is 1. The van der Waals surface area contributed by atoms with E-state index in [1.165, 1.54) is 9.75 Å². The molecule has 0 aliphatic rings. The van der Waals surface area contributed by atoms with Gasteiger partial charge in [0.1, 0.15) is 0 Å². The maximum Gasteiger partial charge on any atom is 0.152 e. The summed E-state index contributed by atoms with van der Waals surface area (Å²) >= 11 is 7.71. The van der Waals surface area contributed by atoms with Gasteiger partial charge in [0.15, 0.2) is 5.15 Å². The zero-order valence-corrected chi connectivity index (χ0v) is 9.90. The van der Waals surface area contributed by atoms with Crippen LogP contribution in [0.5, 0.6) is 0 Å². The van der Waals surface area contributed by atoms with Crippen molar-refractivity contribution in [3.05, 3.63) is 45.4 Å². The maximum atomic E-state index is 5.93. The molecule has 0 aromatic carbocycles. The number of thiophene rings is 1. The van der Waals surface area contributed by atoms with Gasteiger partial charge >= 0.3 is 0 Å². The van der Waals surface area contributed by atoms with E-state index in [9.17, 15) is 0 Å². The predicted octanol–water partition coefficient (Wildman–Crippen LogP) is 3.72. The van der Waals surface area contributed by atoms with E-state index in [4.69, 9.17) is 11.6 Å². The number of aromatic nitrogens is 1. The molecule has 0 aliphatic heterocycles. The Balaban J connectivity index is 2.02. The molecule has 2 nitrogen and oxygen atoms in total. The van der Waals surface area contributed by atoms with Crippen molar-refractivity contribution in [2.45, 2.75) is 13.5 Å². The summed E-state index contributed by atoms with van der Waals surface area (Å²) in [5.74, 6) is 0. The normalized spacial score (nSPS) is 10.3. The van der Waals surface area contributed by atoms with E-state index in [-0.39, 0.29) is 0 Å². The monoisotopic (exact) mass is 238 g/mol. The Morgan fingerprint density at radius 1 is 1.40 bits per heavy atom. The van der Waals surface area contributed by atoms with Crippen LogP contribution < -0.4 is 5.32 Å². The molecule has 78 valence electrons. The summed E-state index contributed by atoms with van der Waals surface area (Å²) in [6.07, 6.45) is 1.68. The van der Waals surface area contributed by atoms with E-state index in [1.807, 2.05) is 12.1 Å². The first kappa shape index (κ1) is 10.5. The van der Waals surface area contributed by atoms with E-state index < -0.39 is 0 Å². The van der Waals surface area contributed by atoms with Gasteiger partial charge in [-0.15, -0.1) is 11.3 Å². The molecule has 1 N–H and O–H groups in total. The Hall–Kier alpha value is -1.06. The first-order valence-corrected chi connectivity index (χ1v) is 5.85. The van der Waals surface area contributed by atoms with E-state index in [2.05, 4.69) is 29.4 Å². The SMILES string of the molecule is Cc1ccc(CNc2cccnc2Cl)s1. The van der Waals surface area contributed by atoms with Crippen LogP contribution in [-0.4, -0.2) is 4.98 Å². The number of halogens is 1. The van der Waals surface area contributed by atoms with Crippen LogP contribution in [0.1, 0.15) is 9.75 Å². The molecular formula is C11H11ClN2S. The van der Waals surface area contributed by atoms with Gasteiger partial charge in [-0.05, 0) is 31.2 Å². The third kappa shape index (κ3) is 2.70. The highest BCUT2D eigenvalue weighted by molar-refractivity contribution is 7.11. The molecule has 0 saturated heterocycles. The van der Waals surface area contributed by atoms with Crippen molar-refractivity contribution in [3.8, 4) is 0 Å². The number of hydrogen-bond donors (Lipinski definition) is 1. The number of nitrogens with one attached hydrogen (secondary N) is 1. The summed E-state index contributed by atoms with van der Waals surface area (Å²) in [6, 6.07) is 8.04. The van der Waals surface area contributed by atoms with Gasteiger partial charge in [-0.3, -0.25) is 0 Å². The second-order valence-electron chi connectivity index (χ2n) is 3.21. The van der Waals surface area contributed by atoms with Crippen LogP contribution in [0, 0.1) is 6.92 Å². The summed E-state index contributed by atoms with van der Waals surface area (Å²) < 4.78 is 0. The second-order valence-corrected chi connectivity index (χ2v) is 4.94. The first-order valence-electron chi connectivity index (χ1n) is 4.65. The zero-order chi connectivity index (χ0) is 10.7. The van der Waals surface area contributed by atoms with E-state index in [0.29, 0.717) is 5.15 Å². The average molecular weight is 239 g/mol. The van der Waals surface area contributed by atoms with Crippen LogP contribution in [0.15, 0.2) is 30.5 Å². The summed E-state index contributed by atoms with van der Waals surface area (Å²) in [5.41, 5.74) is 0.880. The molecule has 0 fully saturated rings. The Morgan fingerprint density at radius 2 is 2.27 bits per heavy atom. The molecule has 0 amide bonds. The van der Waals surface area contributed by atoms with E-state index in [1.54, 1.807) is 17.5 Å².